The van der Waals surface area contributed by atoms with Crippen LogP contribution in [0.5, 0.6) is 0 Å². The molecule has 0 saturated carbocycles. The third-order valence-electron chi connectivity index (χ3n) is 3.35. The second kappa shape index (κ2) is 3.68. The average Bonchev–Trinajstić information content (AvgIpc) is 2.79. The van der Waals surface area contributed by atoms with Crippen molar-refractivity contribution >= 4 is 55.2 Å². The van der Waals surface area contributed by atoms with Crippen LogP contribution >= 0.6 is 22.6 Å². The minimum atomic E-state index is 0.934. The van der Waals surface area contributed by atoms with Crippen LogP contribution in [0.3, 0.4) is 0 Å². The summed E-state index contributed by atoms with van der Waals surface area (Å²) in [5, 5.41) is 5.04. The maximum absolute atomic E-state index is 4.58. The number of fused-ring (bicyclic) bond motifs is 5. The molecule has 0 radical (unpaired) electrons. The van der Waals surface area contributed by atoms with E-state index in [4.69, 9.17) is 0 Å². The van der Waals surface area contributed by atoms with Gasteiger partial charge in [0, 0.05) is 5.39 Å². The lowest BCUT2D eigenvalue weighted by Crippen LogP contribution is -1.79. The number of nitrogens with one attached hydrogen (secondary N) is 1. The monoisotopic (exact) mass is 344 g/mol. The normalized spacial score (nSPS) is 11.6. The number of imidazole rings is 1. The molecule has 4 aromatic rings. The van der Waals surface area contributed by atoms with Gasteiger partial charge >= 0.3 is 0 Å². The molecule has 0 bridgehead atoms. The predicted molar refractivity (Wildman–Crippen MR) is 83.8 cm³/mol. The zero-order valence-electron chi connectivity index (χ0n) is 9.44. The molecule has 1 heterocycles. The van der Waals surface area contributed by atoms with Crippen molar-refractivity contribution in [3.05, 3.63) is 52.4 Å². The average molecular weight is 344 g/mol. The molecule has 1 N–H and O–H groups in total. The van der Waals surface area contributed by atoms with Crippen LogP contribution in [0, 0.1) is 3.83 Å². The fourth-order valence-corrected chi connectivity index (χ4v) is 3.06. The Labute approximate surface area is 117 Å². The number of hydrogen-bond donors (Lipinski definition) is 1. The van der Waals surface area contributed by atoms with Crippen molar-refractivity contribution in [3.8, 4) is 0 Å². The largest absolute Gasteiger partial charge is 0.333 e. The van der Waals surface area contributed by atoms with E-state index in [9.17, 15) is 0 Å². The number of aromatic nitrogens is 2. The van der Waals surface area contributed by atoms with Crippen molar-refractivity contribution in [3.63, 3.8) is 0 Å². The molecule has 0 aliphatic carbocycles. The van der Waals surface area contributed by atoms with Crippen molar-refractivity contribution in [1.82, 2.24) is 9.97 Å². The Morgan fingerprint density at radius 3 is 2.61 bits per heavy atom. The van der Waals surface area contributed by atoms with E-state index in [2.05, 4.69) is 81.1 Å². The molecular formula is C15H9IN2. The van der Waals surface area contributed by atoms with Crippen LogP contribution < -0.4 is 0 Å². The van der Waals surface area contributed by atoms with Gasteiger partial charge in [-0.1, -0.05) is 42.5 Å². The highest BCUT2D eigenvalue weighted by molar-refractivity contribution is 14.1. The third kappa shape index (κ3) is 1.37. The Bertz CT molecular complexity index is 893. The van der Waals surface area contributed by atoms with Gasteiger partial charge in [0.2, 0.25) is 0 Å². The number of hydrogen-bond acceptors (Lipinski definition) is 1. The van der Waals surface area contributed by atoms with E-state index in [1.807, 2.05) is 0 Å². The molecule has 0 saturated heterocycles. The first-order valence-electron chi connectivity index (χ1n) is 5.78. The van der Waals surface area contributed by atoms with Crippen molar-refractivity contribution in [2.75, 3.05) is 0 Å². The number of H-pyrrole nitrogens is 1. The SMILES string of the molecule is Ic1nc2c(ccc3c4ccccc4ccc32)[nH]1. The van der Waals surface area contributed by atoms with Crippen molar-refractivity contribution in [2.24, 2.45) is 0 Å². The molecule has 0 aliphatic rings. The smallest absolute Gasteiger partial charge is 0.169 e. The Kier molecular flexibility index (Phi) is 2.11. The van der Waals surface area contributed by atoms with Crippen molar-refractivity contribution in [2.45, 2.75) is 0 Å². The number of benzene rings is 3. The fraction of sp³-hybridized carbons (Fsp3) is 0. The van der Waals surface area contributed by atoms with Crippen LogP contribution in [0.25, 0.3) is 32.6 Å². The van der Waals surface area contributed by atoms with E-state index >= 15 is 0 Å². The highest BCUT2D eigenvalue weighted by Crippen LogP contribution is 2.30. The molecule has 3 aromatic carbocycles. The summed E-state index contributed by atoms with van der Waals surface area (Å²) in [5.41, 5.74) is 2.16. The van der Waals surface area contributed by atoms with Gasteiger partial charge in [-0.25, -0.2) is 4.98 Å². The molecule has 2 nitrogen and oxygen atoms in total. The van der Waals surface area contributed by atoms with E-state index in [0.29, 0.717) is 0 Å². The quantitative estimate of drug-likeness (QED) is 0.370. The topological polar surface area (TPSA) is 28.7 Å². The predicted octanol–water partition coefficient (Wildman–Crippen LogP) is 4.47. The van der Waals surface area contributed by atoms with Crippen LogP contribution in [0.1, 0.15) is 0 Å². The first kappa shape index (κ1) is 10.3. The van der Waals surface area contributed by atoms with Crippen LogP contribution in [0.15, 0.2) is 48.5 Å². The number of halogens is 1. The van der Waals surface area contributed by atoms with Gasteiger partial charge in [0.1, 0.15) is 0 Å². The second-order valence-corrected chi connectivity index (χ2v) is 5.39. The summed E-state index contributed by atoms with van der Waals surface area (Å²) in [6.07, 6.45) is 0. The number of nitrogens with zero attached hydrogens (tertiary/aromatic N) is 1. The number of aromatic amines is 1. The van der Waals surface area contributed by atoms with Gasteiger partial charge in [-0.3, -0.25) is 0 Å². The number of rotatable bonds is 0. The summed E-state index contributed by atoms with van der Waals surface area (Å²) in [6, 6.07) is 17.1. The Morgan fingerprint density at radius 2 is 1.67 bits per heavy atom. The molecule has 1 aromatic heterocycles. The van der Waals surface area contributed by atoms with Crippen molar-refractivity contribution < 1.29 is 0 Å². The van der Waals surface area contributed by atoms with Crippen LogP contribution in [0.2, 0.25) is 0 Å². The molecule has 4 rings (SSSR count). The Morgan fingerprint density at radius 1 is 0.833 bits per heavy atom. The molecule has 3 heteroatoms. The van der Waals surface area contributed by atoms with Gasteiger partial charge in [-0.05, 0) is 44.8 Å². The lowest BCUT2D eigenvalue weighted by molar-refractivity contribution is 1.26. The van der Waals surface area contributed by atoms with Gasteiger partial charge < -0.3 is 4.98 Å². The lowest BCUT2D eigenvalue weighted by Gasteiger charge is -2.03. The van der Waals surface area contributed by atoms with Crippen LogP contribution in [-0.2, 0) is 0 Å². The van der Waals surface area contributed by atoms with Crippen molar-refractivity contribution in [1.29, 1.82) is 0 Å². The molecule has 0 atom stereocenters. The van der Waals surface area contributed by atoms with E-state index in [1.54, 1.807) is 0 Å². The molecule has 0 unspecified atom stereocenters. The minimum Gasteiger partial charge on any atom is -0.333 e. The van der Waals surface area contributed by atoms with Gasteiger partial charge in [0.25, 0.3) is 0 Å². The molecule has 0 spiro atoms. The minimum absolute atomic E-state index is 0.934. The first-order valence-corrected chi connectivity index (χ1v) is 6.86. The van der Waals surface area contributed by atoms with E-state index in [0.717, 1.165) is 14.9 Å². The third-order valence-corrected chi connectivity index (χ3v) is 3.86. The van der Waals surface area contributed by atoms with Crippen LogP contribution in [-0.4, -0.2) is 9.97 Å². The summed E-state index contributed by atoms with van der Waals surface area (Å²) in [7, 11) is 0. The van der Waals surface area contributed by atoms with E-state index in [1.165, 1.54) is 21.5 Å². The van der Waals surface area contributed by atoms with Gasteiger partial charge in [-0.15, -0.1) is 0 Å². The standard InChI is InChI=1S/C15H9IN2/c16-15-17-13-8-7-11-10-4-2-1-3-9(10)5-6-12(11)14(13)18-15/h1-8H,(H,17,18). The van der Waals surface area contributed by atoms with E-state index < -0.39 is 0 Å². The maximum Gasteiger partial charge on any atom is 0.169 e. The molecule has 0 amide bonds. The maximum atomic E-state index is 4.58. The zero-order valence-corrected chi connectivity index (χ0v) is 11.6. The fourth-order valence-electron chi connectivity index (χ4n) is 2.53. The molecule has 18 heavy (non-hydrogen) atoms. The summed E-state index contributed by atoms with van der Waals surface area (Å²) >= 11 is 2.22. The first-order chi connectivity index (χ1) is 8.83. The van der Waals surface area contributed by atoms with E-state index in [-0.39, 0.29) is 0 Å². The molecule has 86 valence electrons. The zero-order chi connectivity index (χ0) is 12.1. The van der Waals surface area contributed by atoms with Gasteiger partial charge in [0.05, 0.1) is 11.0 Å². The highest BCUT2D eigenvalue weighted by Gasteiger charge is 2.07. The molecular weight excluding hydrogens is 335 g/mol. The van der Waals surface area contributed by atoms with Crippen LogP contribution in [0.4, 0.5) is 0 Å². The lowest BCUT2D eigenvalue weighted by atomic mass is 10.0. The summed E-state index contributed by atoms with van der Waals surface area (Å²) in [4.78, 5) is 7.85. The Balaban J connectivity index is 2.30. The summed E-state index contributed by atoms with van der Waals surface area (Å²) in [5.74, 6) is 0. The van der Waals surface area contributed by atoms with Gasteiger partial charge in [0.15, 0.2) is 3.83 Å². The van der Waals surface area contributed by atoms with Gasteiger partial charge in [-0.2, -0.15) is 0 Å². The summed E-state index contributed by atoms with van der Waals surface area (Å²) in [6.45, 7) is 0. The Hall–Kier alpha value is -1.62. The second-order valence-electron chi connectivity index (χ2n) is 4.37. The summed E-state index contributed by atoms with van der Waals surface area (Å²) < 4.78 is 0.934. The highest BCUT2D eigenvalue weighted by atomic mass is 127. The molecule has 0 aliphatic heterocycles. The molecule has 0 fully saturated rings.